The summed E-state index contributed by atoms with van der Waals surface area (Å²) in [6.07, 6.45) is 11.8. The molecule has 4 aliphatic rings. The lowest BCUT2D eigenvalue weighted by Crippen LogP contribution is -2.23. The zero-order valence-electron chi connectivity index (χ0n) is 18.8. The van der Waals surface area contributed by atoms with Crippen LogP contribution in [0, 0.1) is 5.41 Å². The van der Waals surface area contributed by atoms with Crippen LogP contribution in [0.5, 0.6) is 0 Å². The van der Waals surface area contributed by atoms with Gasteiger partial charge in [-0.15, -0.1) is 0 Å². The van der Waals surface area contributed by atoms with Crippen molar-refractivity contribution in [1.29, 1.82) is 0 Å². The fourth-order valence-corrected chi connectivity index (χ4v) is 6.37. The summed E-state index contributed by atoms with van der Waals surface area (Å²) in [5.74, 6) is 0. The molecule has 0 atom stereocenters. The molecule has 152 valence electrons. The van der Waals surface area contributed by atoms with Gasteiger partial charge >= 0.3 is 0 Å². The van der Waals surface area contributed by atoms with Crippen LogP contribution in [-0.4, -0.2) is 0 Å². The Hall–Kier alpha value is -3.12. The van der Waals surface area contributed by atoms with Gasteiger partial charge in [0.05, 0.1) is 0 Å². The molecule has 0 bridgehead atoms. The van der Waals surface area contributed by atoms with Gasteiger partial charge < -0.3 is 0 Å². The van der Waals surface area contributed by atoms with Gasteiger partial charge in [0.2, 0.25) is 0 Å². The van der Waals surface area contributed by atoms with E-state index in [4.69, 9.17) is 0 Å². The Morgan fingerprint density at radius 2 is 1.00 bits per heavy atom. The summed E-state index contributed by atoms with van der Waals surface area (Å²) in [5, 5.41) is 0. The molecule has 2 aromatic rings. The second kappa shape index (κ2) is 6.44. The van der Waals surface area contributed by atoms with Crippen molar-refractivity contribution < 1.29 is 0 Å². The zero-order chi connectivity index (χ0) is 21.3. The van der Waals surface area contributed by atoms with E-state index in [1.54, 1.807) is 0 Å². The fourth-order valence-electron chi connectivity index (χ4n) is 6.37. The van der Waals surface area contributed by atoms with Gasteiger partial charge in [-0.25, -0.2) is 0 Å². The van der Waals surface area contributed by atoms with E-state index in [9.17, 15) is 0 Å². The third kappa shape index (κ3) is 2.67. The minimum absolute atomic E-state index is 0.0547. The van der Waals surface area contributed by atoms with Gasteiger partial charge in [0.1, 0.15) is 0 Å². The second-order valence-electron chi connectivity index (χ2n) is 9.95. The Morgan fingerprint density at radius 3 is 1.45 bits per heavy atom. The molecule has 0 saturated heterocycles. The largest absolute Gasteiger partial charge is 0.0619 e. The summed E-state index contributed by atoms with van der Waals surface area (Å²) < 4.78 is 0. The first-order valence-electron chi connectivity index (χ1n) is 11.4. The summed E-state index contributed by atoms with van der Waals surface area (Å²) >= 11 is 0. The number of allylic oxidation sites excluding steroid dienone is 10. The molecule has 0 heteroatoms. The molecule has 0 radical (unpaired) electrons. The van der Waals surface area contributed by atoms with Gasteiger partial charge in [0.15, 0.2) is 0 Å². The third-order valence-corrected chi connectivity index (χ3v) is 7.52. The van der Waals surface area contributed by atoms with Gasteiger partial charge in [0, 0.05) is 5.41 Å². The lowest BCUT2D eigenvalue weighted by Gasteiger charge is -2.35. The Kier molecular flexibility index (Phi) is 3.87. The van der Waals surface area contributed by atoms with Crippen molar-refractivity contribution in [2.24, 2.45) is 5.41 Å². The quantitative estimate of drug-likeness (QED) is 0.482. The minimum atomic E-state index is -0.0547. The molecular formula is C31H28. The SMILES string of the molecule is CC1=C(C(C)(C)C2=C(C)C=C3Cc4ccccc4C=C32)C2=Cc3ccccc3CC2=C1. The molecule has 0 nitrogen and oxygen atoms in total. The molecule has 2 aromatic carbocycles. The summed E-state index contributed by atoms with van der Waals surface area (Å²) in [6.45, 7) is 9.47. The monoisotopic (exact) mass is 400 g/mol. The Morgan fingerprint density at radius 1 is 0.581 bits per heavy atom. The maximum absolute atomic E-state index is 2.43. The van der Waals surface area contributed by atoms with E-state index in [0.29, 0.717) is 0 Å². The standard InChI is InChI=1S/C31H28/c1-19-13-25-15-21-9-5-7-11-23(21)17-27(25)29(19)31(3,4)30-20(2)14-26-16-22-10-6-8-12-24(22)18-28(26)30/h5-14,17-18H,15-16H2,1-4H3. The first-order valence-corrected chi connectivity index (χ1v) is 11.4. The van der Waals surface area contributed by atoms with E-state index in [1.807, 2.05) is 0 Å². The van der Waals surface area contributed by atoms with Crippen LogP contribution in [0.2, 0.25) is 0 Å². The number of benzene rings is 2. The van der Waals surface area contributed by atoms with Crippen LogP contribution in [0.4, 0.5) is 0 Å². The molecule has 0 aliphatic heterocycles. The van der Waals surface area contributed by atoms with Crippen molar-refractivity contribution in [1.82, 2.24) is 0 Å². The molecule has 0 fully saturated rings. The lowest BCUT2D eigenvalue weighted by molar-refractivity contribution is 0.551. The van der Waals surface area contributed by atoms with E-state index in [0.717, 1.165) is 12.8 Å². The van der Waals surface area contributed by atoms with Crippen LogP contribution in [0.3, 0.4) is 0 Å². The van der Waals surface area contributed by atoms with Crippen LogP contribution in [0.15, 0.2) is 105 Å². The molecule has 31 heavy (non-hydrogen) atoms. The average molecular weight is 401 g/mol. The topological polar surface area (TPSA) is 0 Å². The lowest BCUT2D eigenvalue weighted by atomic mass is 9.68. The highest BCUT2D eigenvalue weighted by Crippen LogP contribution is 2.55. The van der Waals surface area contributed by atoms with Crippen LogP contribution in [-0.2, 0) is 12.8 Å². The molecule has 0 aromatic heterocycles. The smallest absolute Gasteiger partial charge is 0.0163 e. The molecule has 0 amide bonds. The van der Waals surface area contributed by atoms with Crippen LogP contribution in [0.1, 0.15) is 49.9 Å². The van der Waals surface area contributed by atoms with Crippen LogP contribution < -0.4 is 0 Å². The molecule has 0 heterocycles. The Bertz CT molecular complexity index is 1240. The van der Waals surface area contributed by atoms with Crippen LogP contribution in [0.25, 0.3) is 12.2 Å². The Labute approximate surface area is 185 Å². The maximum Gasteiger partial charge on any atom is 0.0163 e. The van der Waals surface area contributed by atoms with Crippen molar-refractivity contribution in [3.63, 3.8) is 0 Å². The van der Waals surface area contributed by atoms with Crippen molar-refractivity contribution in [3.05, 3.63) is 128 Å². The van der Waals surface area contributed by atoms with E-state index in [1.165, 1.54) is 66.8 Å². The number of hydrogen-bond acceptors (Lipinski definition) is 0. The predicted molar refractivity (Wildman–Crippen MR) is 132 cm³/mol. The van der Waals surface area contributed by atoms with Gasteiger partial charge in [0.25, 0.3) is 0 Å². The van der Waals surface area contributed by atoms with E-state index in [2.05, 4.69) is 101 Å². The maximum atomic E-state index is 2.43. The molecule has 0 saturated carbocycles. The molecule has 0 unspecified atom stereocenters. The number of rotatable bonds is 2. The van der Waals surface area contributed by atoms with Crippen molar-refractivity contribution in [2.75, 3.05) is 0 Å². The normalized spacial score (nSPS) is 19.2. The van der Waals surface area contributed by atoms with Gasteiger partial charge in [-0.1, -0.05) is 74.5 Å². The first-order chi connectivity index (χ1) is 14.9. The van der Waals surface area contributed by atoms with Crippen molar-refractivity contribution in [2.45, 2.75) is 40.5 Å². The summed E-state index contributed by atoms with van der Waals surface area (Å²) in [7, 11) is 0. The van der Waals surface area contributed by atoms with Crippen molar-refractivity contribution >= 4 is 12.2 Å². The summed E-state index contributed by atoms with van der Waals surface area (Å²) in [5.41, 5.74) is 17.3. The highest BCUT2D eigenvalue weighted by Gasteiger charge is 2.40. The zero-order valence-corrected chi connectivity index (χ0v) is 18.8. The summed E-state index contributed by atoms with van der Waals surface area (Å²) in [6, 6.07) is 17.7. The first kappa shape index (κ1) is 18.6. The van der Waals surface area contributed by atoms with Crippen molar-refractivity contribution in [3.8, 4) is 0 Å². The second-order valence-corrected chi connectivity index (χ2v) is 9.95. The average Bonchev–Trinajstić information content (AvgIpc) is 3.24. The fraction of sp³-hybridized carbons (Fsp3) is 0.226. The number of hydrogen-bond donors (Lipinski definition) is 0. The van der Waals surface area contributed by atoms with E-state index < -0.39 is 0 Å². The third-order valence-electron chi connectivity index (χ3n) is 7.52. The molecule has 0 spiro atoms. The highest BCUT2D eigenvalue weighted by atomic mass is 14.4. The molecule has 4 aliphatic carbocycles. The van der Waals surface area contributed by atoms with E-state index in [-0.39, 0.29) is 5.41 Å². The van der Waals surface area contributed by atoms with Crippen LogP contribution >= 0.6 is 0 Å². The summed E-state index contributed by atoms with van der Waals surface area (Å²) in [4.78, 5) is 0. The van der Waals surface area contributed by atoms with Gasteiger partial charge in [-0.05, 0) is 106 Å². The molecular weight excluding hydrogens is 372 g/mol. The van der Waals surface area contributed by atoms with E-state index >= 15 is 0 Å². The highest BCUT2D eigenvalue weighted by molar-refractivity contribution is 5.82. The number of fused-ring (bicyclic) bond motifs is 4. The molecule has 0 N–H and O–H groups in total. The Balaban J connectivity index is 1.48. The minimum Gasteiger partial charge on any atom is -0.0619 e. The predicted octanol–water partition coefficient (Wildman–Crippen LogP) is 7.81. The van der Waals surface area contributed by atoms with Gasteiger partial charge in [-0.2, -0.15) is 0 Å². The van der Waals surface area contributed by atoms with Gasteiger partial charge in [-0.3, -0.25) is 0 Å². The molecule has 6 rings (SSSR count).